The minimum absolute atomic E-state index is 0.313. The minimum Gasteiger partial charge on any atom is -0.307 e. The first kappa shape index (κ1) is 17.8. The molecule has 0 aliphatic carbocycles. The van der Waals surface area contributed by atoms with Gasteiger partial charge in [0.2, 0.25) is 0 Å². The van der Waals surface area contributed by atoms with Crippen LogP contribution in [0.3, 0.4) is 0 Å². The van der Waals surface area contributed by atoms with Gasteiger partial charge in [0.1, 0.15) is 0 Å². The van der Waals surface area contributed by atoms with Crippen molar-refractivity contribution in [2.45, 2.75) is 71.4 Å². The van der Waals surface area contributed by atoms with Gasteiger partial charge in [0.25, 0.3) is 0 Å². The molecule has 1 aromatic rings. The summed E-state index contributed by atoms with van der Waals surface area (Å²) in [4.78, 5) is 0. The van der Waals surface area contributed by atoms with Crippen molar-refractivity contribution in [3.63, 3.8) is 0 Å². The molecule has 3 heteroatoms. The van der Waals surface area contributed by atoms with Gasteiger partial charge >= 0.3 is 0 Å². The van der Waals surface area contributed by atoms with Crippen LogP contribution in [0.2, 0.25) is 10.0 Å². The highest BCUT2D eigenvalue weighted by atomic mass is 35.5. The summed E-state index contributed by atoms with van der Waals surface area (Å²) in [5.41, 5.74) is 1.16. The fourth-order valence-corrected chi connectivity index (χ4v) is 3.15. The standard InChI is InChI=1S/C17H27Cl2N/c1-4-7-9-14(8-5-2)20-17(6-3)15-11-10-13(18)12-16(15)19/h10-12,14,17,20H,4-9H2,1-3H3. The van der Waals surface area contributed by atoms with Crippen molar-refractivity contribution in [1.82, 2.24) is 5.32 Å². The van der Waals surface area contributed by atoms with E-state index < -0.39 is 0 Å². The fraction of sp³-hybridized carbons (Fsp3) is 0.647. The Labute approximate surface area is 134 Å². The molecule has 0 aliphatic heterocycles. The Morgan fingerprint density at radius 3 is 2.35 bits per heavy atom. The highest BCUT2D eigenvalue weighted by Gasteiger charge is 2.17. The van der Waals surface area contributed by atoms with Crippen molar-refractivity contribution in [3.05, 3.63) is 33.8 Å². The van der Waals surface area contributed by atoms with E-state index in [1.54, 1.807) is 0 Å². The van der Waals surface area contributed by atoms with Crippen LogP contribution in [0.15, 0.2) is 18.2 Å². The van der Waals surface area contributed by atoms with Gasteiger partial charge in [-0.15, -0.1) is 0 Å². The van der Waals surface area contributed by atoms with Crippen LogP contribution >= 0.6 is 23.2 Å². The van der Waals surface area contributed by atoms with Crippen LogP contribution in [-0.2, 0) is 0 Å². The maximum absolute atomic E-state index is 6.34. The molecule has 0 bridgehead atoms. The number of hydrogen-bond donors (Lipinski definition) is 1. The predicted molar refractivity (Wildman–Crippen MR) is 90.9 cm³/mol. The Morgan fingerprint density at radius 1 is 1.05 bits per heavy atom. The van der Waals surface area contributed by atoms with Crippen LogP contribution in [-0.4, -0.2) is 6.04 Å². The zero-order valence-corrected chi connectivity index (χ0v) is 14.4. The summed E-state index contributed by atoms with van der Waals surface area (Å²) < 4.78 is 0. The number of unbranched alkanes of at least 4 members (excludes halogenated alkanes) is 1. The van der Waals surface area contributed by atoms with Crippen molar-refractivity contribution in [3.8, 4) is 0 Å². The second-order valence-corrected chi connectivity index (χ2v) is 6.26. The summed E-state index contributed by atoms with van der Waals surface area (Å²) in [7, 11) is 0. The lowest BCUT2D eigenvalue weighted by Crippen LogP contribution is -2.32. The van der Waals surface area contributed by atoms with Crippen molar-refractivity contribution >= 4 is 23.2 Å². The van der Waals surface area contributed by atoms with Crippen LogP contribution in [0.25, 0.3) is 0 Å². The topological polar surface area (TPSA) is 12.0 Å². The lowest BCUT2D eigenvalue weighted by Gasteiger charge is -2.26. The SMILES string of the molecule is CCCCC(CCC)NC(CC)c1ccc(Cl)cc1Cl. The zero-order chi connectivity index (χ0) is 15.0. The summed E-state index contributed by atoms with van der Waals surface area (Å²) in [6, 6.07) is 6.71. The molecule has 0 radical (unpaired) electrons. The maximum atomic E-state index is 6.34. The number of halogens is 2. The van der Waals surface area contributed by atoms with Gasteiger partial charge in [-0.3, -0.25) is 0 Å². The minimum atomic E-state index is 0.313. The third kappa shape index (κ3) is 5.63. The van der Waals surface area contributed by atoms with Crippen molar-refractivity contribution < 1.29 is 0 Å². The molecule has 0 fully saturated rings. The van der Waals surface area contributed by atoms with Gasteiger partial charge in [-0.1, -0.05) is 69.3 Å². The summed E-state index contributed by atoms with van der Waals surface area (Å²) in [6.07, 6.45) is 7.25. The normalized spacial score (nSPS) is 14.2. The summed E-state index contributed by atoms with van der Waals surface area (Å²) >= 11 is 12.3. The highest BCUT2D eigenvalue weighted by molar-refractivity contribution is 6.35. The molecule has 114 valence electrons. The highest BCUT2D eigenvalue weighted by Crippen LogP contribution is 2.29. The molecule has 1 nitrogen and oxygen atoms in total. The van der Waals surface area contributed by atoms with Crippen LogP contribution < -0.4 is 5.32 Å². The molecule has 1 rings (SSSR count). The molecule has 2 unspecified atom stereocenters. The Morgan fingerprint density at radius 2 is 1.80 bits per heavy atom. The first-order chi connectivity index (χ1) is 9.62. The van der Waals surface area contributed by atoms with Gasteiger partial charge in [0.15, 0.2) is 0 Å². The molecule has 0 spiro atoms. The zero-order valence-electron chi connectivity index (χ0n) is 12.9. The van der Waals surface area contributed by atoms with Crippen molar-refractivity contribution in [2.24, 2.45) is 0 Å². The second kappa shape index (κ2) is 9.65. The van der Waals surface area contributed by atoms with Gasteiger partial charge in [-0.05, 0) is 37.0 Å². The molecule has 0 aromatic heterocycles. The van der Waals surface area contributed by atoms with E-state index in [0.717, 1.165) is 17.0 Å². The number of rotatable bonds is 9. The lowest BCUT2D eigenvalue weighted by molar-refractivity contribution is 0.377. The lowest BCUT2D eigenvalue weighted by atomic mass is 9.99. The van der Waals surface area contributed by atoms with E-state index in [9.17, 15) is 0 Å². The largest absolute Gasteiger partial charge is 0.307 e. The van der Waals surface area contributed by atoms with Gasteiger partial charge in [0, 0.05) is 22.1 Å². The third-order valence-corrected chi connectivity index (χ3v) is 4.29. The van der Waals surface area contributed by atoms with E-state index in [1.807, 2.05) is 12.1 Å². The number of hydrogen-bond acceptors (Lipinski definition) is 1. The van der Waals surface area contributed by atoms with Gasteiger partial charge in [-0.25, -0.2) is 0 Å². The second-order valence-electron chi connectivity index (χ2n) is 5.42. The molecule has 1 aromatic carbocycles. The Balaban J connectivity index is 2.77. The fourth-order valence-electron chi connectivity index (χ4n) is 2.61. The quantitative estimate of drug-likeness (QED) is 0.556. The van der Waals surface area contributed by atoms with E-state index in [-0.39, 0.29) is 0 Å². The average Bonchev–Trinajstić information content (AvgIpc) is 2.42. The molecule has 0 saturated carbocycles. The van der Waals surface area contributed by atoms with Gasteiger partial charge < -0.3 is 5.32 Å². The average molecular weight is 316 g/mol. The van der Waals surface area contributed by atoms with Gasteiger partial charge in [-0.2, -0.15) is 0 Å². The van der Waals surface area contributed by atoms with Crippen LogP contribution in [0.5, 0.6) is 0 Å². The van der Waals surface area contributed by atoms with Crippen molar-refractivity contribution in [1.29, 1.82) is 0 Å². The predicted octanol–water partition coefficient (Wildman–Crippen LogP) is 6.39. The van der Waals surface area contributed by atoms with E-state index in [2.05, 4.69) is 32.2 Å². The monoisotopic (exact) mass is 315 g/mol. The first-order valence-electron chi connectivity index (χ1n) is 7.83. The van der Waals surface area contributed by atoms with Crippen LogP contribution in [0, 0.1) is 0 Å². The van der Waals surface area contributed by atoms with Crippen LogP contribution in [0.4, 0.5) is 0 Å². The Bertz CT molecular complexity index is 393. The third-order valence-electron chi connectivity index (χ3n) is 3.73. The molecule has 2 atom stereocenters. The molecule has 1 N–H and O–H groups in total. The van der Waals surface area contributed by atoms with E-state index in [1.165, 1.54) is 32.1 Å². The summed E-state index contributed by atoms with van der Waals surface area (Å²) in [5, 5.41) is 5.25. The molecule has 0 amide bonds. The van der Waals surface area contributed by atoms with E-state index >= 15 is 0 Å². The van der Waals surface area contributed by atoms with E-state index in [0.29, 0.717) is 17.1 Å². The summed E-state index contributed by atoms with van der Waals surface area (Å²) in [6.45, 7) is 6.69. The molecule has 0 saturated heterocycles. The van der Waals surface area contributed by atoms with Gasteiger partial charge in [0.05, 0.1) is 0 Å². The maximum Gasteiger partial charge on any atom is 0.0468 e. The smallest absolute Gasteiger partial charge is 0.0468 e. The molecule has 0 heterocycles. The Kier molecular flexibility index (Phi) is 8.60. The Hall–Kier alpha value is -0.240. The summed E-state index contributed by atoms with van der Waals surface area (Å²) in [5.74, 6) is 0. The molecule has 0 aliphatic rings. The number of nitrogens with one attached hydrogen (secondary N) is 1. The molecule has 20 heavy (non-hydrogen) atoms. The number of benzene rings is 1. The van der Waals surface area contributed by atoms with E-state index in [4.69, 9.17) is 23.2 Å². The first-order valence-corrected chi connectivity index (χ1v) is 8.58. The molecular weight excluding hydrogens is 289 g/mol. The molecular formula is C17H27Cl2N. The van der Waals surface area contributed by atoms with Crippen molar-refractivity contribution in [2.75, 3.05) is 0 Å². The van der Waals surface area contributed by atoms with Crippen LogP contribution in [0.1, 0.15) is 70.9 Å².